The van der Waals surface area contributed by atoms with E-state index in [-0.39, 0.29) is 17.1 Å². The predicted octanol–water partition coefficient (Wildman–Crippen LogP) is 5.37. The lowest BCUT2D eigenvalue weighted by Crippen LogP contribution is -2.65. The third-order valence-electron chi connectivity index (χ3n) is 9.94. The summed E-state index contributed by atoms with van der Waals surface area (Å²) in [4.78, 5) is 12.4. The highest BCUT2D eigenvalue weighted by atomic mass is 16.7. The third kappa shape index (κ3) is 2.31. The topological polar surface area (TPSA) is 35.5 Å². The van der Waals surface area contributed by atoms with E-state index in [4.69, 9.17) is 9.47 Å². The van der Waals surface area contributed by atoms with E-state index >= 15 is 0 Å². The lowest BCUT2D eigenvalue weighted by Gasteiger charge is -2.68. The summed E-state index contributed by atoms with van der Waals surface area (Å²) in [6.45, 7) is 12.5. The molecule has 1 aliphatic heterocycles. The second-order valence-corrected chi connectivity index (χ2v) is 12.2. The van der Waals surface area contributed by atoms with E-state index in [1.165, 1.54) is 32.1 Å². The first kappa shape index (κ1) is 18.6. The van der Waals surface area contributed by atoms with Crippen LogP contribution in [0.5, 0.6) is 0 Å². The van der Waals surface area contributed by atoms with Gasteiger partial charge in [0.1, 0.15) is 5.78 Å². The molecule has 1 heterocycles. The highest BCUT2D eigenvalue weighted by Gasteiger charge is 2.69. The Bertz CT molecular complexity index is 651. The zero-order valence-corrected chi connectivity index (χ0v) is 18.0. The van der Waals surface area contributed by atoms with Gasteiger partial charge in [0.2, 0.25) is 0 Å². The molecule has 0 N–H and O–H groups in total. The normalized spacial score (nSPS) is 54.9. The minimum Gasteiger partial charge on any atom is -0.351 e. The molecule has 5 fully saturated rings. The van der Waals surface area contributed by atoms with Gasteiger partial charge < -0.3 is 9.47 Å². The van der Waals surface area contributed by atoms with Crippen LogP contribution in [0.15, 0.2) is 0 Å². The summed E-state index contributed by atoms with van der Waals surface area (Å²) in [5.41, 5.74) is 0.899. The fourth-order valence-corrected chi connectivity index (χ4v) is 8.55. The Hall–Kier alpha value is -0.410. The number of hydrogen-bond donors (Lipinski definition) is 0. The van der Waals surface area contributed by atoms with Gasteiger partial charge in [-0.25, -0.2) is 0 Å². The van der Waals surface area contributed by atoms with Gasteiger partial charge >= 0.3 is 0 Å². The minimum atomic E-state index is -0.0856. The van der Waals surface area contributed by atoms with E-state index in [1.54, 1.807) is 0 Å². The maximum Gasteiger partial charge on any atom is 0.162 e. The van der Waals surface area contributed by atoms with Gasteiger partial charge in [-0.05, 0) is 67.6 Å². The number of fused-ring (bicyclic) bond motifs is 4. The first-order valence-corrected chi connectivity index (χ1v) is 11.4. The van der Waals surface area contributed by atoms with Crippen molar-refractivity contribution in [1.29, 1.82) is 0 Å². The zero-order chi connectivity index (χ0) is 19.2. The van der Waals surface area contributed by atoms with Gasteiger partial charge in [-0.3, -0.25) is 4.79 Å². The molecule has 0 aromatic carbocycles. The number of ether oxygens (including phenoxy) is 2. The largest absolute Gasteiger partial charge is 0.351 e. The maximum absolute atomic E-state index is 12.4. The molecule has 27 heavy (non-hydrogen) atoms. The number of carbonyl (C=O) groups is 1. The van der Waals surface area contributed by atoms with Crippen LogP contribution in [0.4, 0.5) is 0 Å². The summed E-state index contributed by atoms with van der Waals surface area (Å²) >= 11 is 0. The van der Waals surface area contributed by atoms with Crippen LogP contribution in [0.3, 0.4) is 0 Å². The first-order chi connectivity index (χ1) is 12.6. The summed E-state index contributed by atoms with van der Waals surface area (Å²) in [5.74, 6) is 2.37. The number of hydrogen-bond acceptors (Lipinski definition) is 3. The van der Waals surface area contributed by atoms with Crippen LogP contribution < -0.4 is 0 Å². The number of carbonyl (C=O) groups excluding carboxylic acids is 1. The van der Waals surface area contributed by atoms with E-state index < -0.39 is 0 Å². The lowest BCUT2D eigenvalue weighted by atomic mass is 9.39. The minimum absolute atomic E-state index is 0.0286. The maximum atomic E-state index is 12.4. The van der Waals surface area contributed by atoms with E-state index in [0.717, 1.165) is 31.8 Å². The van der Waals surface area contributed by atoms with Crippen LogP contribution in [0.1, 0.15) is 86.0 Å². The van der Waals surface area contributed by atoms with E-state index in [1.807, 2.05) is 0 Å². The Morgan fingerprint density at radius 2 is 1.85 bits per heavy atom. The van der Waals surface area contributed by atoms with Crippen molar-refractivity contribution in [2.75, 3.05) is 6.61 Å². The summed E-state index contributed by atoms with van der Waals surface area (Å²) < 4.78 is 13.0. The highest BCUT2D eigenvalue weighted by molar-refractivity contribution is 5.82. The molecule has 0 aromatic heterocycles. The van der Waals surface area contributed by atoms with Crippen LogP contribution in [0.25, 0.3) is 0 Å². The first-order valence-electron chi connectivity index (χ1n) is 11.4. The summed E-state index contributed by atoms with van der Waals surface area (Å²) in [7, 11) is 0. The fraction of sp³-hybridized carbons (Fsp3) is 0.958. The van der Waals surface area contributed by atoms with Crippen LogP contribution in [-0.4, -0.2) is 24.8 Å². The molecule has 1 saturated heterocycles. The second-order valence-electron chi connectivity index (χ2n) is 12.2. The van der Waals surface area contributed by atoms with Crippen molar-refractivity contribution in [2.24, 2.45) is 39.4 Å². The van der Waals surface area contributed by atoms with E-state index in [0.29, 0.717) is 34.6 Å². The van der Waals surface area contributed by atoms with Gasteiger partial charge in [0, 0.05) is 23.2 Å². The van der Waals surface area contributed by atoms with Gasteiger partial charge in [0.05, 0.1) is 12.7 Å². The van der Waals surface area contributed by atoms with Gasteiger partial charge in [-0.1, -0.05) is 34.6 Å². The molecule has 0 unspecified atom stereocenters. The third-order valence-corrected chi connectivity index (χ3v) is 9.94. The molecule has 0 radical (unpaired) electrons. The van der Waals surface area contributed by atoms with Crippen LogP contribution in [-0.2, 0) is 14.3 Å². The molecule has 4 aliphatic carbocycles. The van der Waals surface area contributed by atoms with E-state index in [9.17, 15) is 4.79 Å². The van der Waals surface area contributed by atoms with Gasteiger partial charge in [-0.15, -0.1) is 0 Å². The SMILES string of the molecule is CC(C)(C)[C@H]1OC[C@]2(C)[C@@H](CC[C@@]3(C)[C@H]2CC[C@H]2C[C@@H]4C[C@@]23CCC4=O)O1. The average molecular weight is 375 g/mol. The molecule has 3 heteroatoms. The number of rotatable bonds is 0. The second kappa shape index (κ2) is 5.59. The smallest absolute Gasteiger partial charge is 0.162 e. The van der Waals surface area contributed by atoms with Crippen molar-refractivity contribution >= 4 is 5.78 Å². The molecule has 5 aliphatic rings. The monoisotopic (exact) mass is 374 g/mol. The summed E-state index contributed by atoms with van der Waals surface area (Å²) in [6, 6.07) is 0. The molecule has 0 aromatic rings. The molecule has 0 amide bonds. The Labute approximate surface area is 164 Å². The van der Waals surface area contributed by atoms with Gasteiger partial charge in [0.25, 0.3) is 0 Å². The van der Waals surface area contributed by atoms with Crippen LogP contribution in [0.2, 0.25) is 0 Å². The van der Waals surface area contributed by atoms with Gasteiger partial charge in [-0.2, -0.15) is 0 Å². The summed E-state index contributed by atoms with van der Waals surface area (Å²) in [6.07, 6.45) is 9.62. The van der Waals surface area contributed by atoms with Crippen LogP contribution >= 0.6 is 0 Å². The Kier molecular flexibility index (Phi) is 3.86. The molecule has 1 spiro atoms. The molecule has 3 nitrogen and oxygen atoms in total. The van der Waals surface area contributed by atoms with Crippen molar-refractivity contribution in [3.05, 3.63) is 0 Å². The number of Topliss-reactive ketones (excluding diaryl/α,β-unsaturated/α-hetero) is 1. The predicted molar refractivity (Wildman–Crippen MR) is 105 cm³/mol. The molecule has 5 rings (SSSR count). The van der Waals surface area contributed by atoms with Crippen LogP contribution in [0, 0.1) is 39.4 Å². The fourth-order valence-electron chi connectivity index (χ4n) is 8.55. The average Bonchev–Trinajstić information content (AvgIpc) is 2.92. The lowest BCUT2D eigenvalue weighted by molar-refractivity contribution is -0.336. The Morgan fingerprint density at radius 1 is 1.07 bits per heavy atom. The van der Waals surface area contributed by atoms with E-state index in [2.05, 4.69) is 34.6 Å². The molecule has 152 valence electrons. The molecular weight excluding hydrogens is 336 g/mol. The van der Waals surface area contributed by atoms with Crippen molar-refractivity contribution in [3.63, 3.8) is 0 Å². The highest BCUT2D eigenvalue weighted by Crippen LogP contribution is 2.74. The molecule has 2 bridgehead atoms. The zero-order valence-electron chi connectivity index (χ0n) is 18.0. The molecule has 8 atom stereocenters. The van der Waals surface area contributed by atoms with Crippen molar-refractivity contribution in [2.45, 2.75) is 98.4 Å². The van der Waals surface area contributed by atoms with Crippen molar-refractivity contribution in [1.82, 2.24) is 0 Å². The Morgan fingerprint density at radius 3 is 2.59 bits per heavy atom. The van der Waals surface area contributed by atoms with Crippen molar-refractivity contribution in [3.8, 4) is 0 Å². The number of ketones is 1. The Balaban J connectivity index is 1.48. The quantitative estimate of drug-likeness (QED) is 0.572. The molecule has 4 saturated carbocycles. The standard InChI is InChI=1S/C24H38O3/c1-21(2,3)20-26-14-22(4)18-7-6-16-12-15-13-24(16,11-8-17(15)25)23(18,5)10-9-19(22)27-20/h15-16,18-20H,6-14H2,1-5H3/t15-,16+,18+,19-,20+,22+,23+,24+/m1/s1. The summed E-state index contributed by atoms with van der Waals surface area (Å²) in [5, 5.41) is 0. The van der Waals surface area contributed by atoms with Gasteiger partial charge in [0.15, 0.2) is 6.29 Å². The molecular formula is C24H38O3. The van der Waals surface area contributed by atoms with Crippen molar-refractivity contribution < 1.29 is 14.3 Å².